The van der Waals surface area contributed by atoms with Crippen LogP contribution in [0.1, 0.15) is 23.6 Å². The number of benzene rings is 2. The molecule has 172 valence electrons. The van der Waals surface area contributed by atoms with Crippen molar-refractivity contribution in [2.24, 2.45) is 0 Å². The van der Waals surface area contributed by atoms with Gasteiger partial charge in [-0.25, -0.2) is 0 Å². The van der Waals surface area contributed by atoms with Crippen LogP contribution in [0.2, 0.25) is 0 Å². The van der Waals surface area contributed by atoms with Crippen molar-refractivity contribution < 1.29 is 14.4 Å². The van der Waals surface area contributed by atoms with Crippen LogP contribution in [0.3, 0.4) is 0 Å². The van der Waals surface area contributed by atoms with Crippen LogP contribution in [0, 0.1) is 20.8 Å². The number of nitrogens with zero attached hydrogens (tertiary/aromatic N) is 3. The van der Waals surface area contributed by atoms with E-state index in [-0.39, 0.29) is 30.0 Å². The molecular weight excluding hydrogens is 440 g/mol. The summed E-state index contributed by atoms with van der Waals surface area (Å²) in [4.78, 5) is 35.9. The van der Waals surface area contributed by atoms with Gasteiger partial charge in [-0.05, 0) is 50.1 Å². The fraction of sp³-hybridized carbons (Fsp3) is 0.261. The number of thioether (sulfide) groups is 1. The molecule has 0 aliphatic carbocycles. The van der Waals surface area contributed by atoms with Gasteiger partial charge in [-0.1, -0.05) is 35.5 Å². The molecular formula is C23H26N6O3S. The maximum Gasteiger partial charge on any atom is 0.243 e. The minimum Gasteiger partial charge on any atom is -0.346 e. The van der Waals surface area contributed by atoms with Crippen LogP contribution in [0.25, 0.3) is 5.69 Å². The average molecular weight is 467 g/mol. The molecule has 9 nitrogen and oxygen atoms in total. The number of nitrogens with one attached hydrogen (secondary N) is 3. The zero-order chi connectivity index (χ0) is 24.0. The Morgan fingerprint density at radius 1 is 1.00 bits per heavy atom. The highest BCUT2D eigenvalue weighted by atomic mass is 32.2. The van der Waals surface area contributed by atoms with Gasteiger partial charge in [0.1, 0.15) is 6.33 Å². The molecule has 3 amide bonds. The van der Waals surface area contributed by atoms with E-state index in [9.17, 15) is 14.4 Å². The van der Waals surface area contributed by atoms with Crippen molar-refractivity contribution in [3.63, 3.8) is 0 Å². The van der Waals surface area contributed by atoms with E-state index in [1.807, 2.05) is 39.0 Å². The molecule has 10 heteroatoms. The van der Waals surface area contributed by atoms with Gasteiger partial charge in [-0.15, -0.1) is 10.2 Å². The van der Waals surface area contributed by atoms with Crippen molar-refractivity contribution in [1.29, 1.82) is 0 Å². The fourth-order valence-electron chi connectivity index (χ4n) is 3.36. The molecule has 2 aromatic carbocycles. The van der Waals surface area contributed by atoms with Gasteiger partial charge in [0.05, 0.1) is 18.0 Å². The molecule has 33 heavy (non-hydrogen) atoms. The second kappa shape index (κ2) is 10.8. The topological polar surface area (TPSA) is 118 Å². The third-order valence-corrected chi connectivity index (χ3v) is 5.62. The molecule has 0 unspecified atom stereocenters. The summed E-state index contributed by atoms with van der Waals surface area (Å²) < 4.78 is 1.72. The number of aryl methyl sites for hydroxylation is 3. The number of hydrogen-bond acceptors (Lipinski definition) is 6. The largest absolute Gasteiger partial charge is 0.346 e. The van der Waals surface area contributed by atoms with Gasteiger partial charge in [0.15, 0.2) is 5.16 Å². The Bertz CT molecular complexity index is 1170. The van der Waals surface area contributed by atoms with E-state index in [2.05, 4.69) is 26.1 Å². The van der Waals surface area contributed by atoms with Crippen LogP contribution in [0.5, 0.6) is 0 Å². The Labute approximate surface area is 196 Å². The lowest BCUT2D eigenvalue weighted by Crippen LogP contribution is -2.34. The van der Waals surface area contributed by atoms with Gasteiger partial charge in [0.2, 0.25) is 17.7 Å². The highest BCUT2D eigenvalue weighted by molar-refractivity contribution is 7.99. The Hall–Kier alpha value is -3.66. The molecule has 0 radical (unpaired) electrons. The summed E-state index contributed by atoms with van der Waals surface area (Å²) in [6.07, 6.45) is 1.53. The predicted molar refractivity (Wildman–Crippen MR) is 129 cm³/mol. The lowest BCUT2D eigenvalue weighted by molar-refractivity contribution is -0.122. The Morgan fingerprint density at radius 3 is 2.42 bits per heavy atom. The highest BCUT2D eigenvalue weighted by Crippen LogP contribution is 2.22. The molecule has 0 aliphatic rings. The molecule has 0 fully saturated rings. The fourth-order valence-corrected chi connectivity index (χ4v) is 4.12. The van der Waals surface area contributed by atoms with Crippen LogP contribution in [0.15, 0.2) is 47.9 Å². The predicted octanol–water partition coefficient (Wildman–Crippen LogP) is 3.00. The number of anilines is 2. The van der Waals surface area contributed by atoms with Crippen LogP contribution in [-0.2, 0) is 14.4 Å². The van der Waals surface area contributed by atoms with Crippen molar-refractivity contribution in [2.75, 3.05) is 22.9 Å². The summed E-state index contributed by atoms with van der Waals surface area (Å²) in [6, 6.07) is 11.2. The number of amides is 3. The molecule has 0 bridgehead atoms. The number of carbonyl (C=O) groups is 3. The summed E-state index contributed by atoms with van der Waals surface area (Å²) in [7, 11) is 0. The maximum atomic E-state index is 12.3. The normalized spacial score (nSPS) is 10.5. The van der Waals surface area contributed by atoms with Crippen molar-refractivity contribution in [2.45, 2.75) is 32.9 Å². The van der Waals surface area contributed by atoms with Crippen molar-refractivity contribution in [1.82, 2.24) is 20.1 Å². The number of rotatable bonds is 8. The van der Waals surface area contributed by atoms with E-state index in [0.29, 0.717) is 10.8 Å². The second-order valence-electron chi connectivity index (χ2n) is 7.60. The second-order valence-corrected chi connectivity index (χ2v) is 8.54. The van der Waals surface area contributed by atoms with Crippen LogP contribution >= 0.6 is 11.8 Å². The van der Waals surface area contributed by atoms with E-state index >= 15 is 0 Å². The molecule has 0 spiro atoms. The summed E-state index contributed by atoms with van der Waals surface area (Å²) in [5.74, 6) is -0.686. The van der Waals surface area contributed by atoms with Gasteiger partial charge >= 0.3 is 0 Å². The first-order valence-electron chi connectivity index (χ1n) is 10.3. The lowest BCUT2D eigenvalue weighted by atomic mass is 10.1. The summed E-state index contributed by atoms with van der Waals surface area (Å²) in [5, 5.41) is 16.7. The van der Waals surface area contributed by atoms with Crippen LogP contribution in [-0.4, -0.2) is 44.8 Å². The molecule has 3 rings (SSSR count). The first kappa shape index (κ1) is 24.0. The van der Waals surface area contributed by atoms with Crippen molar-refractivity contribution >= 4 is 40.9 Å². The van der Waals surface area contributed by atoms with Crippen molar-refractivity contribution in [3.8, 4) is 5.69 Å². The Morgan fingerprint density at radius 2 is 1.73 bits per heavy atom. The van der Waals surface area contributed by atoms with E-state index in [1.165, 1.54) is 25.0 Å². The van der Waals surface area contributed by atoms with E-state index in [1.54, 1.807) is 22.8 Å². The number of carbonyl (C=O) groups excluding carboxylic acids is 3. The molecule has 3 aromatic rings. The van der Waals surface area contributed by atoms with E-state index in [0.717, 1.165) is 28.1 Å². The van der Waals surface area contributed by atoms with E-state index in [4.69, 9.17) is 0 Å². The Kier molecular flexibility index (Phi) is 7.83. The van der Waals surface area contributed by atoms with E-state index < -0.39 is 0 Å². The number of hydrogen-bond donors (Lipinski definition) is 3. The molecule has 0 saturated heterocycles. The molecule has 0 atom stereocenters. The van der Waals surface area contributed by atoms with Gasteiger partial charge in [-0.2, -0.15) is 0 Å². The first-order valence-corrected chi connectivity index (χ1v) is 11.3. The van der Waals surface area contributed by atoms with Crippen LogP contribution < -0.4 is 16.0 Å². The zero-order valence-corrected chi connectivity index (χ0v) is 19.7. The first-order chi connectivity index (χ1) is 15.7. The van der Waals surface area contributed by atoms with Gasteiger partial charge in [0.25, 0.3) is 0 Å². The smallest absolute Gasteiger partial charge is 0.243 e. The maximum absolute atomic E-state index is 12.3. The summed E-state index contributed by atoms with van der Waals surface area (Å²) >= 11 is 1.20. The summed E-state index contributed by atoms with van der Waals surface area (Å²) in [6.45, 7) is 7.19. The molecule has 3 N–H and O–H groups in total. The summed E-state index contributed by atoms with van der Waals surface area (Å²) in [5.41, 5.74) is 5.24. The van der Waals surface area contributed by atoms with Gasteiger partial charge < -0.3 is 16.0 Å². The zero-order valence-electron chi connectivity index (χ0n) is 18.9. The quantitative estimate of drug-likeness (QED) is 0.439. The monoisotopic (exact) mass is 466 g/mol. The highest BCUT2D eigenvalue weighted by Gasteiger charge is 2.13. The van der Waals surface area contributed by atoms with Crippen molar-refractivity contribution in [3.05, 3.63) is 59.4 Å². The average Bonchev–Trinajstić information content (AvgIpc) is 3.22. The SMILES string of the molecule is CC(=O)Nc1cccc(-n2cnnc2SCC(=O)NCC(=O)Nc2c(C)cc(C)cc2C)c1. The van der Waals surface area contributed by atoms with Gasteiger partial charge in [0, 0.05) is 18.3 Å². The number of aromatic nitrogens is 3. The third-order valence-electron chi connectivity index (χ3n) is 4.68. The minimum absolute atomic E-state index is 0.0694. The molecule has 1 aromatic heterocycles. The molecule has 1 heterocycles. The standard InChI is InChI=1S/C23H26N6O3S/c1-14-8-15(2)22(16(3)9-14)27-20(31)11-24-21(32)12-33-23-28-25-13-29(23)19-7-5-6-18(10-19)26-17(4)30/h5-10,13H,11-12H2,1-4H3,(H,24,32)(H,26,30)(H,27,31). The Balaban J connectivity index is 1.54. The third kappa shape index (κ3) is 6.66. The van der Waals surface area contributed by atoms with Gasteiger partial charge in [-0.3, -0.25) is 19.0 Å². The minimum atomic E-state index is -0.297. The lowest BCUT2D eigenvalue weighted by Gasteiger charge is -2.13. The van der Waals surface area contributed by atoms with Crippen LogP contribution in [0.4, 0.5) is 11.4 Å². The molecule has 0 saturated carbocycles. The molecule has 0 aliphatic heterocycles.